The minimum absolute atomic E-state index is 0.834. The number of nitrogens with zero attached hydrogens (tertiary/aromatic N) is 1. The summed E-state index contributed by atoms with van der Waals surface area (Å²) in [6.45, 7) is 7.74. The molecule has 0 atom stereocenters. The summed E-state index contributed by atoms with van der Waals surface area (Å²) in [5.74, 6) is 0. The topological polar surface area (TPSA) is 45.0 Å². The van der Waals surface area contributed by atoms with Crippen molar-refractivity contribution in [2.24, 2.45) is 0 Å². The summed E-state index contributed by atoms with van der Waals surface area (Å²) in [5, 5.41) is 1.26. The van der Waals surface area contributed by atoms with E-state index in [4.69, 9.17) is 5.73 Å². The maximum absolute atomic E-state index is 5.84. The summed E-state index contributed by atoms with van der Waals surface area (Å²) in [6.07, 6.45) is 3.18. The molecule has 3 N–H and O–H groups in total. The zero-order valence-corrected chi connectivity index (χ0v) is 10.7. The predicted octanol–water partition coefficient (Wildman–Crippen LogP) is 2.63. The number of hydrogen-bond donors (Lipinski definition) is 2. The number of likely N-dealkylation sites (N-methyl/N-ethyl adjacent to an activating group) is 1. The predicted molar refractivity (Wildman–Crippen MR) is 74.2 cm³/mol. The third-order valence-corrected chi connectivity index (χ3v) is 3.38. The normalized spacial score (nSPS) is 11.5. The summed E-state index contributed by atoms with van der Waals surface area (Å²) in [4.78, 5) is 5.74. The molecule has 1 heterocycles. The van der Waals surface area contributed by atoms with Crippen LogP contribution >= 0.6 is 0 Å². The quantitative estimate of drug-likeness (QED) is 0.777. The van der Waals surface area contributed by atoms with Crippen LogP contribution in [0.1, 0.15) is 19.4 Å². The van der Waals surface area contributed by atoms with Crippen molar-refractivity contribution in [1.82, 2.24) is 9.88 Å². The van der Waals surface area contributed by atoms with Gasteiger partial charge in [0.2, 0.25) is 0 Å². The maximum atomic E-state index is 5.84. The van der Waals surface area contributed by atoms with Crippen LogP contribution in [0.3, 0.4) is 0 Å². The van der Waals surface area contributed by atoms with Gasteiger partial charge in [0.05, 0.1) is 0 Å². The minimum atomic E-state index is 0.834. The second kappa shape index (κ2) is 5.23. The molecule has 0 aliphatic heterocycles. The Balaban J connectivity index is 2.16. The Morgan fingerprint density at radius 1 is 1.24 bits per heavy atom. The van der Waals surface area contributed by atoms with Crippen molar-refractivity contribution in [2.45, 2.75) is 20.3 Å². The van der Waals surface area contributed by atoms with Gasteiger partial charge in [0.15, 0.2) is 0 Å². The van der Waals surface area contributed by atoms with Gasteiger partial charge in [-0.05, 0) is 43.3 Å². The smallest absolute Gasteiger partial charge is 0.0458 e. The van der Waals surface area contributed by atoms with Crippen molar-refractivity contribution in [1.29, 1.82) is 0 Å². The van der Waals surface area contributed by atoms with Crippen LogP contribution in [0.15, 0.2) is 24.4 Å². The molecule has 2 aromatic rings. The van der Waals surface area contributed by atoms with Crippen molar-refractivity contribution in [3.63, 3.8) is 0 Å². The van der Waals surface area contributed by atoms with Gasteiger partial charge in [-0.1, -0.05) is 13.8 Å². The van der Waals surface area contributed by atoms with Crippen molar-refractivity contribution in [3.8, 4) is 0 Å². The number of H-pyrrole nitrogens is 1. The molecule has 0 unspecified atom stereocenters. The molecule has 0 amide bonds. The zero-order valence-electron chi connectivity index (χ0n) is 10.7. The van der Waals surface area contributed by atoms with Crippen molar-refractivity contribution in [3.05, 3.63) is 30.0 Å². The molecule has 0 saturated carbocycles. The van der Waals surface area contributed by atoms with E-state index in [0.717, 1.165) is 31.7 Å². The van der Waals surface area contributed by atoms with Crippen LogP contribution in [0.4, 0.5) is 5.69 Å². The highest BCUT2D eigenvalue weighted by Crippen LogP contribution is 2.21. The van der Waals surface area contributed by atoms with E-state index in [1.165, 1.54) is 16.5 Å². The fourth-order valence-electron chi connectivity index (χ4n) is 2.22. The first-order valence-corrected chi connectivity index (χ1v) is 6.32. The lowest BCUT2D eigenvalue weighted by molar-refractivity contribution is 0.308. The first-order valence-electron chi connectivity index (χ1n) is 6.32. The SMILES string of the molecule is CCN(CC)CCc1c[nH]c2ccc(N)cc12. The first-order chi connectivity index (χ1) is 8.24. The van der Waals surface area contributed by atoms with Crippen LogP contribution in [-0.4, -0.2) is 29.5 Å². The number of hydrogen-bond acceptors (Lipinski definition) is 2. The van der Waals surface area contributed by atoms with Gasteiger partial charge in [0.1, 0.15) is 0 Å². The van der Waals surface area contributed by atoms with E-state index in [0.29, 0.717) is 0 Å². The third kappa shape index (κ3) is 2.61. The highest BCUT2D eigenvalue weighted by Gasteiger charge is 2.05. The van der Waals surface area contributed by atoms with E-state index in [-0.39, 0.29) is 0 Å². The Morgan fingerprint density at radius 2 is 2.00 bits per heavy atom. The molecule has 3 heteroatoms. The van der Waals surface area contributed by atoms with Gasteiger partial charge in [0, 0.05) is 29.3 Å². The number of benzene rings is 1. The third-order valence-electron chi connectivity index (χ3n) is 3.38. The Kier molecular flexibility index (Phi) is 3.69. The number of aromatic nitrogens is 1. The van der Waals surface area contributed by atoms with E-state index < -0.39 is 0 Å². The number of nitrogens with one attached hydrogen (secondary N) is 1. The van der Waals surface area contributed by atoms with Crippen molar-refractivity contribution in [2.75, 3.05) is 25.4 Å². The molecule has 0 bridgehead atoms. The van der Waals surface area contributed by atoms with Crippen LogP contribution in [0.5, 0.6) is 0 Å². The van der Waals surface area contributed by atoms with Gasteiger partial charge < -0.3 is 15.6 Å². The summed E-state index contributed by atoms with van der Waals surface area (Å²) in [7, 11) is 0. The van der Waals surface area contributed by atoms with E-state index in [9.17, 15) is 0 Å². The summed E-state index contributed by atoms with van der Waals surface area (Å²) in [6, 6.07) is 6.04. The number of aromatic amines is 1. The van der Waals surface area contributed by atoms with Crippen LogP contribution in [0, 0.1) is 0 Å². The van der Waals surface area contributed by atoms with Crippen LogP contribution < -0.4 is 5.73 Å². The Hall–Kier alpha value is -1.48. The molecule has 0 saturated heterocycles. The number of nitrogens with two attached hydrogens (primary N) is 1. The molecule has 1 aromatic carbocycles. The van der Waals surface area contributed by atoms with Crippen molar-refractivity contribution < 1.29 is 0 Å². The molecule has 17 heavy (non-hydrogen) atoms. The highest BCUT2D eigenvalue weighted by atomic mass is 15.1. The lowest BCUT2D eigenvalue weighted by Crippen LogP contribution is -2.25. The summed E-state index contributed by atoms with van der Waals surface area (Å²) in [5.41, 5.74) is 9.21. The largest absolute Gasteiger partial charge is 0.399 e. The van der Waals surface area contributed by atoms with Crippen LogP contribution in [0.2, 0.25) is 0 Å². The van der Waals surface area contributed by atoms with Crippen LogP contribution in [-0.2, 0) is 6.42 Å². The fourth-order valence-corrected chi connectivity index (χ4v) is 2.22. The second-order valence-corrected chi connectivity index (χ2v) is 4.40. The summed E-state index contributed by atoms with van der Waals surface area (Å²) < 4.78 is 0. The van der Waals surface area contributed by atoms with E-state index in [1.54, 1.807) is 0 Å². The second-order valence-electron chi connectivity index (χ2n) is 4.40. The molecule has 92 valence electrons. The average Bonchev–Trinajstić information content (AvgIpc) is 2.73. The van der Waals surface area contributed by atoms with Gasteiger partial charge in [0.25, 0.3) is 0 Å². The van der Waals surface area contributed by atoms with Crippen molar-refractivity contribution >= 4 is 16.6 Å². The molecule has 0 aliphatic rings. The molecule has 0 spiro atoms. The van der Waals surface area contributed by atoms with Gasteiger partial charge in [-0.2, -0.15) is 0 Å². The molecule has 0 fully saturated rings. The number of fused-ring (bicyclic) bond motifs is 1. The zero-order chi connectivity index (χ0) is 12.3. The maximum Gasteiger partial charge on any atom is 0.0458 e. The van der Waals surface area contributed by atoms with Gasteiger partial charge in [-0.3, -0.25) is 0 Å². The number of rotatable bonds is 5. The van der Waals surface area contributed by atoms with Crippen LogP contribution in [0.25, 0.3) is 10.9 Å². The minimum Gasteiger partial charge on any atom is -0.399 e. The van der Waals surface area contributed by atoms with E-state index >= 15 is 0 Å². The number of anilines is 1. The molecular formula is C14H21N3. The molecule has 0 radical (unpaired) electrons. The standard InChI is InChI=1S/C14H21N3/c1-3-17(4-2)8-7-11-10-16-14-6-5-12(15)9-13(11)14/h5-6,9-10,16H,3-4,7-8,15H2,1-2H3. The Labute approximate surface area is 103 Å². The molecule has 3 nitrogen and oxygen atoms in total. The monoisotopic (exact) mass is 231 g/mol. The van der Waals surface area contributed by atoms with E-state index in [1.807, 2.05) is 12.1 Å². The van der Waals surface area contributed by atoms with E-state index in [2.05, 4.69) is 36.0 Å². The van der Waals surface area contributed by atoms with Gasteiger partial charge in [-0.25, -0.2) is 0 Å². The number of nitrogen functional groups attached to an aromatic ring is 1. The molecule has 1 aromatic heterocycles. The Bertz CT molecular complexity index is 483. The molecular weight excluding hydrogens is 210 g/mol. The van der Waals surface area contributed by atoms with Gasteiger partial charge in [-0.15, -0.1) is 0 Å². The highest BCUT2D eigenvalue weighted by molar-refractivity contribution is 5.86. The summed E-state index contributed by atoms with van der Waals surface area (Å²) >= 11 is 0. The molecule has 2 rings (SSSR count). The lowest BCUT2D eigenvalue weighted by atomic mass is 10.1. The molecule has 0 aliphatic carbocycles. The fraction of sp³-hybridized carbons (Fsp3) is 0.429. The first kappa shape index (κ1) is 12.0. The lowest BCUT2D eigenvalue weighted by Gasteiger charge is -2.17. The Morgan fingerprint density at radius 3 is 2.71 bits per heavy atom. The average molecular weight is 231 g/mol. The van der Waals surface area contributed by atoms with Gasteiger partial charge >= 0.3 is 0 Å².